The van der Waals surface area contributed by atoms with E-state index < -0.39 is 23.5 Å². The number of anilines is 1. The molecule has 1 aliphatic carbocycles. The van der Waals surface area contributed by atoms with E-state index in [9.17, 15) is 18.0 Å². The quantitative estimate of drug-likeness (QED) is 0.245. The fourth-order valence-corrected chi connectivity index (χ4v) is 5.42. The third-order valence-electron chi connectivity index (χ3n) is 6.45. The second kappa shape index (κ2) is 9.55. The van der Waals surface area contributed by atoms with Crippen molar-refractivity contribution in [1.82, 2.24) is 24.4 Å². The summed E-state index contributed by atoms with van der Waals surface area (Å²) in [5.41, 5.74) is 1.09. The summed E-state index contributed by atoms with van der Waals surface area (Å²) >= 11 is 18.6. The van der Waals surface area contributed by atoms with Gasteiger partial charge in [-0.15, -0.1) is 0 Å². The molecule has 0 atom stereocenters. The Hall–Kier alpha value is -3.60. The average Bonchev–Trinajstić information content (AvgIpc) is 3.47. The number of benzene rings is 2. The third-order valence-corrected chi connectivity index (χ3v) is 7.38. The third kappa shape index (κ3) is 4.62. The molecule has 0 saturated carbocycles. The Morgan fingerprint density at radius 2 is 1.87 bits per heavy atom. The van der Waals surface area contributed by atoms with E-state index in [4.69, 9.17) is 34.8 Å². The lowest BCUT2D eigenvalue weighted by Crippen LogP contribution is -2.21. The smallest absolute Gasteiger partial charge is 0.318 e. The molecular formula is C26H16Cl3F3N6O. The maximum atomic E-state index is 14.3. The van der Waals surface area contributed by atoms with Crippen LogP contribution < -0.4 is 5.32 Å². The van der Waals surface area contributed by atoms with E-state index in [0.29, 0.717) is 33.1 Å². The van der Waals surface area contributed by atoms with Gasteiger partial charge in [-0.25, -0.2) is 9.50 Å². The molecule has 0 spiro atoms. The highest BCUT2D eigenvalue weighted by molar-refractivity contribution is 6.37. The Balaban J connectivity index is 1.36. The number of hydrogen-bond donors (Lipinski definition) is 1. The van der Waals surface area contributed by atoms with Crippen LogP contribution in [0.25, 0.3) is 16.9 Å². The minimum atomic E-state index is -4.76. The SMILES string of the molecule is O=C(Nc1cnn(Cc2ccc(Cl)cc2Cl)c1)c1nn2c(C(F)(F)F)c3c(nc2c1Cl)-c1ccccc1CC3. The van der Waals surface area contributed by atoms with Crippen LogP contribution >= 0.6 is 34.8 Å². The molecule has 0 bridgehead atoms. The molecular weight excluding hydrogens is 576 g/mol. The minimum Gasteiger partial charge on any atom is -0.318 e. The van der Waals surface area contributed by atoms with Gasteiger partial charge in [-0.2, -0.15) is 23.4 Å². The molecule has 1 amide bonds. The van der Waals surface area contributed by atoms with Crippen LogP contribution in [-0.4, -0.2) is 30.3 Å². The predicted octanol–water partition coefficient (Wildman–Crippen LogP) is 6.97. The maximum absolute atomic E-state index is 14.3. The van der Waals surface area contributed by atoms with Crippen molar-refractivity contribution in [2.75, 3.05) is 5.32 Å². The number of carbonyl (C=O) groups is 1. The lowest BCUT2D eigenvalue weighted by Gasteiger charge is -2.23. The van der Waals surface area contributed by atoms with E-state index in [-0.39, 0.29) is 34.0 Å². The van der Waals surface area contributed by atoms with Gasteiger partial charge in [-0.3, -0.25) is 9.48 Å². The van der Waals surface area contributed by atoms with Gasteiger partial charge in [0.1, 0.15) is 5.02 Å². The Morgan fingerprint density at radius 3 is 2.64 bits per heavy atom. The molecule has 6 rings (SSSR count). The Labute approximate surface area is 234 Å². The molecule has 0 saturated heterocycles. The normalized spacial score (nSPS) is 12.9. The highest BCUT2D eigenvalue weighted by Gasteiger charge is 2.41. The van der Waals surface area contributed by atoms with Crippen molar-refractivity contribution in [1.29, 1.82) is 0 Å². The van der Waals surface area contributed by atoms with Gasteiger partial charge in [0.25, 0.3) is 5.91 Å². The second-order valence-corrected chi connectivity index (χ2v) is 10.2. The van der Waals surface area contributed by atoms with Crippen LogP contribution in [0.4, 0.5) is 18.9 Å². The van der Waals surface area contributed by atoms with Gasteiger partial charge in [-0.1, -0.05) is 65.1 Å². The van der Waals surface area contributed by atoms with Gasteiger partial charge >= 0.3 is 6.18 Å². The first-order valence-corrected chi connectivity index (χ1v) is 12.8. The van der Waals surface area contributed by atoms with Crippen LogP contribution in [-0.2, 0) is 25.6 Å². The number of amides is 1. The zero-order valence-corrected chi connectivity index (χ0v) is 22.0. The number of rotatable bonds is 4. The van der Waals surface area contributed by atoms with Gasteiger partial charge in [-0.05, 0) is 36.1 Å². The number of halogens is 6. The van der Waals surface area contributed by atoms with Crippen molar-refractivity contribution in [3.63, 3.8) is 0 Å². The molecule has 1 aliphatic rings. The van der Waals surface area contributed by atoms with Crippen LogP contribution in [0, 0.1) is 0 Å². The highest BCUT2D eigenvalue weighted by Crippen LogP contribution is 2.41. The van der Waals surface area contributed by atoms with Gasteiger partial charge in [0.2, 0.25) is 0 Å². The van der Waals surface area contributed by atoms with Crippen molar-refractivity contribution in [3.8, 4) is 11.3 Å². The van der Waals surface area contributed by atoms with E-state index >= 15 is 0 Å². The number of nitrogens with zero attached hydrogens (tertiary/aromatic N) is 5. The largest absolute Gasteiger partial charge is 0.433 e. The Morgan fingerprint density at radius 1 is 1.08 bits per heavy atom. The molecule has 13 heteroatoms. The van der Waals surface area contributed by atoms with E-state index in [0.717, 1.165) is 11.1 Å². The Kier molecular flexibility index (Phi) is 6.28. The van der Waals surface area contributed by atoms with Crippen LogP contribution in [0.1, 0.15) is 32.9 Å². The molecule has 0 fully saturated rings. The first-order valence-electron chi connectivity index (χ1n) is 11.6. The van der Waals surface area contributed by atoms with Crippen molar-refractivity contribution in [2.24, 2.45) is 0 Å². The fourth-order valence-electron chi connectivity index (χ4n) is 4.71. The van der Waals surface area contributed by atoms with E-state index in [1.54, 1.807) is 36.5 Å². The molecule has 5 aromatic rings. The average molecular weight is 592 g/mol. The summed E-state index contributed by atoms with van der Waals surface area (Å²) in [6, 6.07) is 12.2. The number of nitrogens with one attached hydrogen (secondary N) is 1. The van der Waals surface area contributed by atoms with Crippen LogP contribution in [0.15, 0.2) is 54.9 Å². The first-order chi connectivity index (χ1) is 18.6. The molecule has 0 unspecified atom stereocenters. The van der Waals surface area contributed by atoms with Crippen LogP contribution in [0.5, 0.6) is 0 Å². The summed E-state index contributed by atoms with van der Waals surface area (Å²) in [5.74, 6) is -0.805. The van der Waals surface area contributed by atoms with E-state index in [1.807, 2.05) is 12.1 Å². The number of carbonyl (C=O) groups excluding carboxylic acids is 1. The minimum absolute atomic E-state index is 0.0157. The summed E-state index contributed by atoms with van der Waals surface area (Å²) in [7, 11) is 0. The molecule has 1 N–H and O–H groups in total. The van der Waals surface area contributed by atoms with Crippen LogP contribution in [0.2, 0.25) is 15.1 Å². The molecule has 7 nitrogen and oxygen atoms in total. The van der Waals surface area contributed by atoms with Crippen molar-refractivity contribution in [2.45, 2.75) is 25.6 Å². The summed E-state index contributed by atoms with van der Waals surface area (Å²) in [6.07, 6.45) is -1.28. The monoisotopic (exact) mass is 590 g/mol. The fraction of sp³-hybridized carbons (Fsp3) is 0.154. The lowest BCUT2D eigenvalue weighted by atomic mass is 9.88. The lowest BCUT2D eigenvalue weighted by molar-refractivity contribution is -0.143. The zero-order chi connectivity index (χ0) is 27.5. The highest BCUT2D eigenvalue weighted by atomic mass is 35.5. The van der Waals surface area contributed by atoms with Gasteiger partial charge in [0, 0.05) is 27.4 Å². The standard InChI is InChI=1S/C26H16Cl3F3N6O/c27-15-7-5-14(19(28)9-15)11-37-12-16(10-33-37)34-25(39)22-20(29)24-35-21-17-4-2-1-3-13(17)6-8-18(21)23(26(30,31)32)38(24)36-22/h1-5,7,9-10,12H,6,8,11H2,(H,34,39). The number of alkyl halides is 3. The molecule has 0 aliphatic heterocycles. The molecule has 2 aromatic carbocycles. The molecule has 0 radical (unpaired) electrons. The molecule has 3 aromatic heterocycles. The zero-order valence-electron chi connectivity index (χ0n) is 19.7. The second-order valence-electron chi connectivity index (χ2n) is 8.96. The summed E-state index contributed by atoms with van der Waals surface area (Å²) in [4.78, 5) is 17.5. The molecule has 198 valence electrons. The number of aromatic nitrogens is 5. The van der Waals surface area contributed by atoms with E-state index in [1.165, 1.54) is 10.9 Å². The number of hydrogen-bond acceptors (Lipinski definition) is 4. The van der Waals surface area contributed by atoms with Crippen molar-refractivity contribution >= 4 is 52.0 Å². The van der Waals surface area contributed by atoms with Crippen molar-refractivity contribution < 1.29 is 18.0 Å². The topological polar surface area (TPSA) is 77.1 Å². The number of aryl methyl sites for hydroxylation is 1. The molecule has 39 heavy (non-hydrogen) atoms. The Bertz CT molecular complexity index is 1780. The summed E-state index contributed by atoms with van der Waals surface area (Å²) in [6.45, 7) is 0.298. The maximum Gasteiger partial charge on any atom is 0.433 e. The predicted molar refractivity (Wildman–Crippen MR) is 142 cm³/mol. The summed E-state index contributed by atoms with van der Waals surface area (Å²) < 4.78 is 45.2. The van der Waals surface area contributed by atoms with Crippen molar-refractivity contribution in [3.05, 3.63) is 98.0 Å². The molecule has 3 heterocycles. The summed E-state index contributed by atoms with van der Waals surface area (Å²) in [5, 5.41) is 11.4. The van der Waals surface area contributed by atoms with Crippen LogP contribution in [0.3, 0.4) is 0 Å². The number of fused-ring (bicyclic) bond motifs is 4. The first kappa shape index (κ1) is 25.7. The van der Waals surface area contributed by atoms with Gasteiger partial charge in [0.05, 0.1) is 24.1 Å². The van der Waals surface area contributed by atoms with Gasteiger partial charge in [0.15, 0.2) is 17.0 Å². The van der Waals surface area contributed by atoms with Gasteiger partial charge < -0.3 is 5.32 Å². The van der Waals surface area contributed by atoms with E-state index in [2.05, 4.69) is 20.5 Å².